The molecule has 0 spiro atoms. The zero-order valence-corrected chi connectivity index (χ0v) is 12.7. The third-order valence-corrected chi connectivity index (χ3v) is 3.41. The summed E-state index contributed by atoms with van der Waals surface area (Å²) in [5, 5.41) is 2.29. The molecule has 2 rings (SSSR count). The number of anilines is 1. The quantitative estimate of drug-likeness (QED) is 0.606. The summed E-state index contributed by atoms with van der Waals surface area (Å²) >= 11 is 14.3. The molecule has 1 aromatic heterocycles. The van der Waals surface area contributed by atoms with Crippen LogP contribution in [0.15, 0.2) is 28.7 Å². The Balaban J connectivity index is 2.32. The van der Waals surface area contributed by atoms with Gasteiger partial charge < -0.3 is 5.32 Å². The minimum absolute atomic E-state index is 0.0462. The summed E-state index contributed by atoms with van der Waals surface area (Å²) in [5.74, 6) is -2.31. The van der Waals surface area contributed by atoms with Crippen molar-refractivity contribution in [2.75, 3.05) is 5.32 Å². The van der Waals surface area contributed by atoms with Crippen molar-refractivity contribution in [1.29, 1.82) is 0 Å². The molecule has 1 heterocycles. The van der Waals surface area contributed by atoms with Crippen LogP contribution in [0.2, 0.25) is 10.2 Å². The standard InChI is InChI=1S/C12H5BrCl2F2N2O/c13-5-3-8(17)9(4-7(5)16)18-12(20)11-6(14)1-2-10(15)19-11/h1-4H,(H,18,20). The Kier molecular flexibility index (Phi) is 4.57. The van der Waals surface area contributed by atoms with Gasteiger partial charge in [-0.25, -0.2) is 13.8 Å². The van der Waals surface area contributed by atoms with Crippen LogP contribution < -0.4 is 5.32 Å². The number of nitrogens with one attached hydrogen (secondary N) is 1. The summed E-state index contributed by atoms with van der Waals surface area (Å²) in [5.41, 5.74) is -0.504. The number of hydrogen-bond donors (Lipinski definition) is 1. The Morgan fingerprint density at radius 3 is 2.60 bits per heavy atom. The van der Waals surface area contributed by atoms with Crippen molar-refractivity contribution >= 4 is 50.7 Å². The minimum atomic E-state index is -0.801. The lowest BCUT2D eigenvalue weighted by Gasteiger charge is -2.08. The molecule has 1 N–H and O–H groups in total. The lowest BCUT2D eigenvalue weighted by Crippen LogP contribution is -2.15. The Hall–Kier alpha value is -1.24. The fraction of sp³-hybridized carbons (Fsp3) is 0. The molecular formula is C12H5BrCl2F2N2O. The van der Waals surface area contributed by atoms with Crippen molar-refractivity contribution in [1.82, 2.24) is 4.98 Å². The van der Waals surface area contributed by atoms with E-state index in [2.05, 4.69) is 26.2 Å². The summed E-state index contributed by atoms with van der Waals surface area (Å²) in [7, 11) is 0. The molecule has 0 atom stereocenters. The predicted molar refractivity (Wildman–Crippen MR) is 76.3 cm³/mol. The second-order valence-electron chi connectivity index (χ2n) is 3.66. The number of hydrogen-bond acceptors (Lipinski definition) is 2. The maximum atomic E-state index is 13.6. The molecule has 104 valence electrons. The Morgan fingerprint density at radius 1 is 1.20 bits per heavy atom. The molecule has 0 aliphatic heterocycles. The van der Waals surface area contributed by atoms with Crippen LogP contribution in [-0.2, 0) is 0 Å². The number of rotatable bonds is 2. The number of aromatic nitrogens is 1. The zero-order chi connectivity index (χ0) is 14.9. The van der Waals surface area contributed by atoms with Crippen LogP contribution in [0.3, 0.4) is 0 Å². The summed E-state index contributed by atoms with van der Waals surface area (Å²) in [6.45, 7) is 0. The van der Waals surface area contributed by atoms with E-state index in [1.165, 1.54) is 12.1 Å². The number of halogens is 5. The van der Waals surface area contributed by atoms with Crippen molar-refractivity contribution in [3.63, 3.8) is 0 Å². The van der Waals surface area contributed by atoms with Gasteiger partial charge in [0.15, 0.2) is 0 Å². The molecule has 8 heteroatoms. The molecule has 0 fully saturated rings. The van der Waals surface area contributed by atoms with E-state index in [-0.39, 0.29) is 26.0 Å². The van der Waals surface area contributed by atoms with E-state index in [1.54, 1.807) is 0 Å². The Bertz CT molecular complexity index is 697. The summed E-state index contributed by atoms with van der Waals surface area (Å²) in [6, 6.07) is 4.53. The molecule has 3 nitrogen and oxygen atoms in total. The van der Waals surface area contributed by atoms with Crippen LogP contribution in [-0.4, -0.2) is 10.9 Å². The van der Waals surface area contributed by atoms with Crippen molar-refractivity contribution in [3.05, 3.63) is 56.2 Å². The molecule has 1 aromatic carbocycles. The molecule has 0 saturated heterocycles. The van der Waals surface area contributed by atoms with Crippen LogP contribution in [0, 0.1) is 11.6 Å². The molecule has 0 aliphatic carbocycles. The summed E-state index contributed by atoms with van der Waals surface area (Å²) in [6.07, 6.45) is 0. The van der Waals surface area contributed by atoms with Crippen LogP contribution >= 0.6 is 39.1 Å². The fourth-order valence-corrected chi connectivity index (χ4v) is 2.03. The zero-order valence-electron chi connectivity index (χ0n) is 9.55. The molecular weight excluding hydrogens is 377 g/mol. The van der Waals surface area contributed by atoms with Gasteiger partial charge in [-0.1, -0.05) is 23.2 Å². The maximum Gasteiger partial charge on any atom is 0.275 e. The lowest BCUT2D eigenvalue weighted by atomic mass is 10.2. The van der Waals surface area contributed by atoms with Gasteiger partial charge in [0.05, 0.1) is 15.2 Å². The first-order valence-electron chi connectivity index (χ1n) is 5.16. The van der Waals surface area contributed by atoms with E-state index in [0.29, 0.717) is 0 Å². The normalized spacial score (nSPS) is 10.4. The first kappa shape index (κ1) is 15.2. The fourth-order valence-electron chi connectivity index (χ4n) is 1.38. The van der Waals surface area contributed by atoms with Gasteiger partial charge in [0.2, 0.25) is 0 Å². The average Bonchev–Trinajstić information content (AvgIpc) is 2.38. The first-order valence-corrected chi connectivity index (χ1v) is 6.71. The van der Waals surface area contributed by atoms with E-state index in [1.807, 2.05) is 0 Å². The topological polar surface area (TPSA) is 42.0 Å². The van der Waals surface area contributed by atoms with E-state index in [4.69, 9.17) is 23.2 Å². The van der Waals surface area contributed by atoms with Crippen molar-refractivity contribution in [3.8, 4) is 0 Å². The molecule has 0 aliphatic rings. The summed E-state index contributed by atoms with van der Waals surface area (Å²) in [4.78, 5) is 15.7. The number of carbonyl (C=O) groups excluding carboxylic acids is 1. The van der Waals surface area contributed by atoms with Crippen molar-refractivity contribution < 1.29 is 13.6 Å². The highest BCUT2D eigenvalue weighted by Gasteiger charge is 2.16. The second-order valence-corrected chi connectivity index (χ2v) is 5.31. The molecule has 0 bridgehead atoms. The molecule has 2 aromatic rings. The molecule has 0 saturated carbocycles. The van der Waals surface area contributed by atoms with E-state index in [9.17, 15) is 13.6 Å². The maximum absolute atomic E-state index is 13.6. The SMILES string of the molecule is O=C(Nc1cc(F)c(Br)cc1F)c1nc(Cl)ccc1Cl. The number of amides is 1. The van der Waals surface area contributed by atoms with Crippen LogP contribution in [0.1, 0.15) is 10.5 Å². The highest BCUT2D eigenvalue weighted by molar-refractivity contribution is 9.10. The second kappa shape index (κ2) is 6.03. The number of nitrogens with zero attached hydrogens (tertiary/aromatic N) is 1. The Morgan fingerprint density at radius 2 is 1.90 bits per heavy atom. The molecule has 0 radical (unpaired) electrons. The van der Waals surface area contributed by atoms with Crippen molar-refractivity contribution in [2.45, 2.75) is 0 Å². The van der Waals surface area contributed by atoms with E-state index in [0.717, 1.165) is 12.1 Å². The number of pyridine rings is 1. The van der Waals surface area contributed by atoms with Gasteiger partial charge in [-0.2, -0.15) is 0 Å². The van der Waals surface area contributed by atoms with Crippen molar-refractivity contribution in [2.24, 2.45) is 0 Å². The van der Waals surface area contributed by atoms with Gasteiger partial charge in [-0.05, 0) is 34.1 Å². The van der Waals surface area contributed by atoms with E-state index < -0.39 is 17.5 Å². The lowest BCUT2D eigenvalue weighted by molar-refractivity contribution is 0.102. The minimum Gasteiger partial charge on any atom is -0.318 e. The van der Waals surface area contributed by atoms with Crippen LogP contribution in [0.5, 0.6) is 0 Å². The van der Waals surface area contributed by atoms with Gasteiger partial charge >= 0.3 is 0 Å². The molecule has 0 unspecified atom stereocenters. The largest absolute Gasteiger partial charge is 0.318 e. The third-order valence-electron chi connectivity index (χ3n) is 2.29. The van der Waals surface area contributed by atoms with Crippen LogP contribution in [0.4, 0.5) is 14.5 Å². The average molecular weight is 382 g/mol. The monoisotopic (exact) mass is 380 g/mol. The highest BCUT2D eigenvalue weighted by Crippen LogP contribution is 2.24. The van der Waals surface area contributed by atoms with Gasteiger partial charge in [-0.3, -0.25) is 4.79 Å². The van der Waals surface area contributed by atoms with Gasteiger partial charge in [0.25, 0.3) is 5.91 Å². The highest BCUT2D eigenvalue weighted by atomic mass is 79.9. The number of carbonyl (C=O) groups is 1. The molecule has 1 amide bonds. The van der Waals surface area contributed by atoms with Gasteiger partial charge in [0.1, 0.15) is 22.5 Å². The summed E-state index contributed by atoms with van der Waals surface area (Å²) < 4.78 is 26.9. The third kappa shape index (κ3) is 3.26. The molecule has 20 heavy (non-hydrogen) atoms. The Labute approximate surface area is 131 Å². The smallest absolute Gasteiger partial charge is 0.275 e. The van der Waals surface area contributed by atoms with E-state index >= 15 is 0 Å². The predicted octanol–water partition coefficient (Wildman–Crippen LogP) is 4.68. The van der Waals surface area contributed by atoms with Gasteiger partial charge in [0, 0.05) is 6.07 Å². The number of benzene rings is 1. The first-order chi connectivity index (χ1) is 9.38. The van der Waals surface area contributed by atoms with Gasteiger partial charge in [-0.15, -0.1) is 0 Å². The van der Waals surface area contributed by atoms with Crippen LogP contribution in [0.25, 0.3) is 0 Å².